The normalized spacial score (nSPS) is 11.1. The summed E-state index contributed by atoms with van der Waals surface area (Å²) in [6, 6.07) is 7.52. The van der Waals surface area contributed by atoms with Gasteiger partial charge in [-0.15, -0.1) is 0 Å². The molecule has 37 heavy (non-hydrogen) atoms. The number of pyridine rings is 1. The van der Waals surface area contributed by atoms with Crippen molar-refractivity contribution >= 4 is 24.0 Å². The van der Waals surface area contributed by atoms with Crippen molar-refractivity contribution in [2.45, 2.75) is 32.4 Å². The molecule has 2 rings (SSSR count). The average molecular weight is 518 g/mol. The number of unbranched alkanes of at least 4 members (excludes halogenated alkanes) is 1. The second-order valence-electron chi connectivity index (χ2n) is 7.69. The number of aromatic hydroxyl groups is 1. The molecule has 0 fully saturated rings. The van der Waals surface area contributed by atoms with Crippen LogP contribution in [0.2, 0.25) is 0 Å². The van der Waals surface area contributed by atoms with E-state index in [2.05, 4.69) is 26.3 Å². The summed E-state index contributed by atoms with van der Waals surface area (Å²) >= 11 is 0. The average Bonchev–Trinajstić information content (AvgIpc) is 2.88. The molecule has 2 aromatic rings. The topological polar surface area (TPSA) is 188 Å². The number of carboxylic acids is 1. The van der Waals surface area contributed by atoms with E-state index < -0.39 is 42.3 Å². The predicted octanol–water partition coefficient (Wildman–Crippen LogP) is 1.37. The number of urea groups is 1. The number of carboxylic acid groups (broad SMARTS) is 1. The Bertz CT molecular complexity index is 1050. The maximum absolute atomic E-state index is 12.4. The standard InChI is InChI=1S/C24H31N5O8/c1-2-3-11-37-24(35)29-19(22(32)33)15-27-21(31)18-8-7-17(13-20(18)30)36-12-10-26-23(34)28-14-16-6-4-5-9-25-16/h4-9,13,19,30H,2-3,10-12,14-15H2,1H3,(H,27,31)(H,29,35)(H,32,33)(H2,26,28,34)/t19-/m0/s1. The quantitative estimate of drug-likeness (QED) is 0.201. The number of benzene rings is 1. The van der Waals surface area contributed by atoms with Gasteiger partial charge < -0.3 is 41.0 Å². The SMILES string of the molecule is CCCCOC(=O)N[C@@H](CNC(=O)c1ccc(OCCNC(=O)NCc2ccccn2)cc1O)C(=O)O. The molecule has 13 nitrogen and oxygen atoms in total. The van der Waals surface area contributed by atoms with Crippen LogP contribution in [0.25, 0.3) is 0 Å². The fourth-order valence-corrected chi connectivity index (χ4v) is 2.85. The van der Waals surface area contributed by atoms with E-state index in [0.717, 1.165) is 6.42 Å². The first-order chi connectivity index (χ1) is 17.8. The lowest BCUT2D eigenvalue weighted by Crippen LogP contribution is -2.48. The van der Waals surface area contributed by atoms with Gasteiger partial charge in [-0.05, 0) is 30.7 Å². The number of hydrogen-bond acceptors (Lipinski definition) is 8. The Balaban J connectivity index is 1.75. The monoisotopic (exact) mass is 517 g/mol. The first-order valence-corrected chi connectivity index (χ1v) is 11.6. The molecule has 4 amide bonds. The van der Waals surface area contributed by atoms with E-state index >= 15 is 0 Å². The zero-order valence-electron chi connectivity index (χ0n) is 20.4. The Hall–Kier alpha value is -4.55. The molecule has 0 saturated heterocycles. The fourth-order valence-electron chi connectivity index (χ4n) is 2.85. The third kappa shape index (κ3) is 10.7. The predicted molar refractivity (Wildman–Crippen MR) is 131 cm³/mol. The minimum atomic E-state index is -1.42. The number of ether oxygens (including phenoxy) is 2. The maximum atomic E-state index is 12.4. The van der Waals surface area contributed by atoms with E-state index in [1.165, 1.54) is 18.2 Å². The summed E-state index contributed by atoms with van der Waals surface area (Å²) in [5.41, 5.74) is 0.599. The van der Waals surface area contributed by atoms with Crippen LogP contribution in [0.15, 0.2) is 42.6 Å². The van der Waals surface area contributed by atoms with Crippen LogP contribution in [0.4, 0.5) is 9.59 Å². The van der Waals surface area contributed by atoms with Crippen molar-refractivity contribution in [1.29, 1.82) is 0 Å². The van der Waals surface area contributed by atoms with Crippen molar-refractivity contribution < 1.29 is 38.9 Å². The first kappa shape index (κ1) is 28.7. The van der Waals surface area contributed by atoms with Gasteiger partial charge in [-0.3, -0.25) is 9.78 Å². The molecule has 1 aromatic heterocycles. The van der Waals surface area contributed by atoms with Crippen LogP contribution in [0.3, 0.4) is 0 Å². The van der Waals surface area contributed by atoms with Crippen LogP contribution in [0.5, 0.6) is 11.5 Å². The second kappa shape index (κ2) is 15.4. The van der Waals surface area contributed by atoms with Crippen LogP contribution in [-0.2, 0) is 16.1 Å². The second-order valence-corrected chi connectivity index (χ2v) is 7.69. The maximum Gasteiger partial charge on any atom is 0.407 e. The van der Waals surface area contributed by atoms with E-state index in [0.29, 0.717) is 12.1 Å². The summed E-state index contributed by atoms with van der Waals surface area (Å²) in [7, 11) is 0. The molecule has 6 N–H and O–H groups in total. The number of carbonyl (C=O) groups is 4. The lowest BCUT2D eigenvalue weighted by Gasteiger charge is -2.16. The molecule has 1 aromatic carbocycles. The molecule has 0 aliphatic heterocycles. The zero-order valence-corrected chi connectivity index (χ0v) is 20.4. The highest BCUT2D eigenvalue weighted by Gasteiger charge is 2.22. The van der Waals surface area contributed by atoms with Crippen LogP contribution in [-0.4, -0.2) is 71.5 Å². The van der Waals surface area contributed by atoms with E-state index in [4.69, 9.17) is 9.47 Å². The summed E-state index contributed by atoms with van der Waals surface area (Å²) in [4.78, 5) is 51.4. The van der Waals surface area contributed by atoms with Gasteiger partial charge in [0.25, 0.3) is 5.91 Å². The lowest BCUT2D eigenvalue weighted by molar-refractivity contribution is -0.139. The van der Waals surface area contributed by atoms with E-state index in [-0.39, 0.29) is 37.6 Å². The van der Waals surface area contributed by atoms with Crippen molar-refractivity contribution in [3.05, 3.63) is 53.9 Å². The Morgan fingerprint density at radius 2 is 1.86 bits per heavy atom. The Kier molecular flexibility index (Phi) is 12.0. The number of hydrogen-bond donors (Lipinski definition) is 6. The highest BCUT2D eigenvalue weighted by molar-refractivity contribution is 5.97. The molecule has 0 saturated carbocycles. The highest BCUT2D eigenvalue weighted by atomic mass is 16.5. The fraction of sp³-hybridized carbons (Fsp3) is 0.375. The van der Waals surface area contributed by atoms with Crippen LogP contribution in [0.1, 0.15) is 35.8 Å². The first-order valence-electron chi connectivity index (χ1n) is 11.6. The van der Waals surface area contributed by atoms with Crippen molar-refractivity contribution in [3.8, 4) is 11.5 Å². The van der Waals surface area contributed by atoms with E-state index in [1.54, 1.807) is 18.3 Å². The van der Waals surface area contributed by atoms with Gasteiger partial charge in [0.05, 0.1) is 31.0 Å². The number of aromatic nitrogens is 1. The van der Waals surface area contributed by atoms with Gasteiger partial charge in [-0.25, -0.2) is 14.4 Å². The number of phenols is 1. The number of nitrogens with one attached hydrogen (secondary N) is 4. The number of carbonyl (C=O) groups excluding carboxylic acids is 3. The Labute approximate surface area is 213 Å². The van der Waals surface area contributed by atoms with Crippen molar-refractivity contribution in [1.82, 2.24) is 26.3 Å². The smallest absolute Gasteiger partial charge is 0.407 e. The summed E-state index contributed by atoms with van der Waals surface area (Å²) in [5.74, 6) is -2.25. The molecule has 0 radical (unpaired) electrons. The van der Waals surface area contributed by atoms with Crippen LogP contribution >= 0.6 is 0 Å². The summed E-state index contributed by atoms with van der Waals surface area (Å²) in [5, 5.41) is 29.2. The van der Waals surface area contributed by atoms with Gasteiger partial charge in [0, 0.05) is 18.8 Å². The van der Waals surface area contributed by atoms with E-state index in [9.17, 15) is 29.4 Å². The third-order valence-corrected chi connectivity index (χ3v) is 4.81. The number of rotatable bonds is 14. The van der Waals surface area contributed by atoms with Crippen LogP contribution in [0, 0.1) is 0 Å². The number of alkyl carbamates (subject to hydrolysis) is 1. The van der Waals surface area contributed by atoms with Gasteiger partial charge in [0.2, 0.25) is 0 Å². The molecule has 0 spiro atoms. The number of phenolic OH excluding ortho intramolecular Hbond substituents is 1. The van der Waals surface area contributed by atoms with E-state index in [1.807, 2.05) is 13.0 Å². The summed E-state index contributed by atoms with van der Waals surface area (Å²) < 4.78 is 10.3. The van der Waals surface area contributed by atoms with Gasteiger partial charge in [-0.1, -0.05) is 19.4 Å². The molecular formula is C24H31N5O8. The minimum absolute atomic E-state index is 0.0995. The molecule has 1 atom stereocenters. The largest absolute Gasteiger partial charge is 0.507 e. The Morgan fingerprint density at radius 1 is 1.05 bits per heavy atom. The Morgan fingerprint density at radius 3 is 2.54 bits per heavy atom. The molecule has 1 heterocycles. The van der Waals surface area contributed by atoms with Crippen molar-refractivity contribution in [2.24, 2.45) is 0 Å². The van der Waals surface area contributed by atoms with Gasteiger partial charge in [-0.2, -0.15) is 0 Å². The highest BCUT2D eigenvalue weighted by Crippen LogP contribution is 2.23. The number of nitrogens with zero attached hydrogens (tertiary/aromatic N) is 1. The summed E-state index contributed by atoms with van der Waals surface area (Å²) in [6.07, 6.45) is 2.17. The zero-order chi connectivity index (χ0) is 27.0. The van der Waals surface area contributed by atoms with Crippen molar-refractivity contribution in [3.63, 3.8) is 0 Å². The lowest BCUT2D eigenvalue weighted by atomic mass is 10.1. The molecule has 13 heteroatoms. The molecule has 0 aliphatic carbocycles. The van der Waals surface area contributed by atoms with Crippen LogP contribution < -0.4 is 26.0 Å². The van der Waals surface area contributed by atoms with Crippen molar-refractivity contribution in [2.75, 3.05) is 26.3 Å². The molecule has 0 bridgehead atoms. The molecule has 0 unspecified atom stereocenters. The minimum Gasteiger partial charge on any atom is -0.507 e. The number of aliphatic carboxylic acids is 1. The molecular weight excluding hydrogens is 486 g/mol. The molecule has 200 valence electrons. The summed E-state index contributed by atoms with van der Waals surface area (Å²) in [6.45, 7) is 2.19. The van der Waals surface area contributed by atoms with Gasteiger partial charge in [0.1, 0.15) is 24.1 Å². The van der Waals surface area contributed by atoms with Gasteiger partial charge >= 0.3 is 18.1 Å². The molecule has 0 aliphatic rings. The number of amides is 4. The van der Waals surface area contributed by atoms with Gasteiger partial charge in [0.15, 0.2) is 0 Å². The third-order valence-electron chi connectivity index (χ3n) is 4.81.